The van der Waals surface area contributed by atoms with Gasteiger partial charge in [0.15, 0.2) is 0 Å². The van der Waals surface area contributed by atoms with Crippen LogP contribution in [0, 0.1) is 6.92 Å². The third kappa shape index (κ3) is 1.76. The number of hydrogen-bond acceptors (Lipinski definition) is 1. The van der Waals surface area contributed by atoms with E-state index in [1.807, 2.05) is 12.1 Å². The Labute approximate surface area is 76.4 Å². The highest BCUT2D eigenvalue weighted by molar-refractivity contribution is 6.46. The van der Waals surface area contributed by atoms with E-state index < -0.39 is 0 Å². The summed E-state index contributed by atoms with van der Waals surface area (Å²) in [5.41, 5.74) is 2.59. The van der Waals surface area contributed by atoms with E-state index >= 15 is 0 Å². The van der Waals surface area contributed by atoms with Crippen molar-refractivity contribution >= 4 is 14.9 Å². The summed E-state index contributed by atoms with van der Waals surface area (Å²) in [6.45, 7) is 6.42. The molecule has 0 aromatic heterocycles. The van der Waals surface area contributed by atoms with Crippen LogP contribution in [0.5, 0.6) is 0 Å². The Morgan fingerprint density at radius 2 is 2.00 bits per heavy atom. The molecule has 0 unspecified atom stereocenters. The number of rotatable bonds is 2. The largest absolute Gasteiger partial charge is 0.428 e. The molecule has 0 bridgehead atoms. The second-order valence-electron chi connectivity index (χ2n) is 3.29. The fourth-order valence-electron chi connectivity index (χ4n) is 1.40. The molecule has 0 aliphatic carbocycles. The Balaban J connectivity index is 3.14. The Hall–Kier alpha value is -0.603. The summed E-state index contributed by atoms with van der Waals surface area (Å²) >= 11 is 0. The molecule has 0 spiro atoms. The molecule has 1 nitrogen and oxygen atoms in total. The highest BCUT2D eigenvalue weighted by atomic mass is 28.2. The van der Waals surface area contributed by atoms with E-state index in [0.717, 1.165) is 5.19 Å². The Bertz CT molecular complexity index is 269. The Morgan fingerprint density at radius 3 is 2.50 bits per heavy atom. The van der Waals surface area contributed by atoms with Crippen molar-refractivity contribution in [1.29, 1.82) is 0 Å². The fourth-order valence-corrected chi connectivity index (χ4v) is 1.88. The van der Waals surface area contributed by atoms with Crippen LogP contribution in [-0.2, 0) is 0 Å². The van der Waals surface area contributed by atoms with Gasteiger partial charge in [0.1, 0.15) is 0 Å². The summed E-state index contributed by atoms with van der Waals surface area (Å²) in [6, 6.07) is 6.13. The molecule has 1 rings (SSSR count). The molecule has 0 aliphatic heterocycles. The van der Waals surface area contributed by atoms with Crippen molar-refractivity contribution in [2.24, 2.45) is 0 Å². The van der Waals surface area contributed by atoms with Gasteiger partial charge in [-0.25, -0.2) is 0 Å². The minimum Gasteiger partial charge on any atom is -0.428 e. The zero-order chi connectivity index (χ0) is 9.14. The van der Waals surface area contributed by atoms with E-state index in [0.29, 0.717) is 5.92 Å². The minimum absolute atomic E-state index is 0.0820. The zero-order valence-electron chi connectivity index (χ0n) is 7.76. The van der Waals surface area contributed by atoms with Gasteiger partial charge in [-0.2, -0.15) is 0 Å². The molecular weight excluding hydrogens is 164 g/mol. The first kappa shape index (κ1) is 9.48. The highest BCUT2D eigenvalue weighted by Gasteiger charge is 2.06. The SMILES string of the molecule is Cc1c([Si]O)cccc1C(C)C. The summed E-state index contributed by atoms with van der Waals surface area (Å²) in [5.74, 6) is 0.543. The van der Waals surface area contributed by atoms with E-state index in [1.54, 1.807) is 0 Å². The molecule has 0 atom stereocenters. The van der Waals surface area contributed by atoms with Crippen molar-refractivity contribution in [3.8, 4) is 0 Å². The standard InChI is InChI=1S/C10H14OSi/c1-7(2)9-5-4-6-10(12-11)8(9)3/h4-7,11H,1-3H3. The van der Waals surface area contributed by atoms with Crippen LogP contribution in [-0.4, -0.2) is 14.6 Å². The predicted molar refractivity (Wildman–Crippen MR) is 52.9 cm³/mol. The van der Waals surface area contributed by atoms with Crippen molar-refractivity contribution in [1.82, 2.24) is 0 Å². The average molecular weight is 178 g/mol. The van der Waals surface area contributed by atoms with Crippen LogP contribution in [0.1, 0.15) is 30.9 Å². The van der Waals surface area contributed by atoms with Crippen LogP contribution in [0.15, 0.2) is 18.2 Å². The molecule has 64 valence electrons. The minimum atomic E-state index is -0.0820. The summed E-state index contributed by atoms with van der Waals surface area (Å²) in [7, 11) is -0.0820. The van der Waals surface area contributed by atoms with Crippen LogP contribution >= 0.6 is 0 Å². The van der Waals surface area contributed by atoms with Crippen LogP contribution in [0.3, 0.4) is 0 Å². The normalized spacial score (nSPS) is 10.8. The van der Waals surface area contributed by atoms with Crippen molar-refractivity contribution < 1.29 is 4.80 Å². The molecule has 2 heteroatoms. The molecule has 12 heavy (non-hydrogen) atoms. The van der Waals surface area contributed by atoms with Gasteiger partial charge >= 0.3 is 0 Å². The first-order valence-corrected chi connectivity index (χ1v) is 5.11. The summed E-state index contributed by atoms with van der Waals surface area (Å²) in [6.07, 6.45) is 0. The molecule has 1 aromatic carbocycles. The van der Waals surface area contributed by atoms with Crippen molar-refractivity contribution in [3.63, 3.8) is 0 Å². The molecule has 1 N–H and O–H groups in total. The number of hydrogen-bond donors (Lipinski definition) is 1. The van der Waals surface area contributed by atoms with Crippen molar-refractivity contribution in [3.05, 3.63) is 29.3 Å². The third-order valence-electron chi connectivity index (χ3n) is 2.12. The monoisotopic (exact) mass is 178 g/mol. The van der Waals surface area contributed by atoms with E-state index in [2.05, 4.69) is 26.8 Å². The fraction of sp³-hybridized carbons (Fsp3) is 0.400. The van der Waals surface area contributed by atoms with Crippen LogP contribution < -0.4 is 5.19 Å². The molecule has 1 aromatic rings. The van der Waals surface area contributed by atoms with E-state index in [9.17, 15) is 0 Å². The molecule has 0 saturated heterocycles. The van der Waals surface area contributed by atoms with E-state index in [-0.39, 0.29) is 9.76 Å². The third-order valence-corrected chi connectivity index (χ3v) is 2.90. The summed E-state index contributed by atoms with van der Waals surface area (Å²) in [4.78, 5) is 9.05. The molecule has 0 aliphatic rings. The summed E-state index contributed by atoms with van der Waals surface area (Å²) in [5, 5.41) is 1.07. The topological polar surface area (TPSA) is 20.2 Å². The Kier molecular flexibility index (Phi) is 3.06. The molecule has 0 heterocycles. The maximum atomic E-state index is 9.05. The maximum Gasteiger partial charge on any atom is 0.265 e. The maximum absolute atomic E-state index is 9.05. The van der Waals surface area contributed by atoms with Crippen LogP contribution in [0.25, 0.3) is 0 Å². The molecule has 0 amide bonds. The van der Waals surface area contributed by atoms with E-state index in [1.165, 1.54) is 11.1 Å². The molecular formula is C10H14OSi. The van der Waals surface area contributed by atoms with Gasteiger partial charge in [0.25, 0.3) is 9.76 Å². The zero-order valence-corrected chi connectivity index (χ0v) is 8.76. The lowest BCUT2D eigenvalue weighted by Gasteiger charge is -2.11. The van der Waals surface area contributed by atoms with E-state index in [4.69, 9.17) is 4.80 Å². The van der Waals surface area contributed by atoms with Gasteiger partial charge in [0, 0.05) is 0 Å². The van der Waals surface area contributed by atoms with Crippen molar-refractivity contribution in [2.75, 3.05) is 0 Å². The van der Waals surface area contributed by atoms with Crippen LogP contribution in [0.2, 0.25) is 0 Å². The second-order valence-corrected chi connectivity index (χ2v) is 4.05. The van der Waals surface area contributed by atoms with Gasteiger partial charge in [-0.1, -0.05) is 32.0 Å². The van der Waals surface area contributed by atoms with Gasteiger partial charge in [-0.3, -0.25) is 0 Å². The van der Waals surface area contributed by atoms with Gasteiger partial charge < -0.3 is 4.80 Å². The Morgan fingerprint density at radius 1 is 1.33 bits per heavy atom. The second kappa shape index (κ2) is 3.87. The highest BCUT2D eigenvalue weighted by Crippen LogP contribution is 2.16. The predicted octanol–water partition coefficient (Wildman–Crippen LogP) is 1.36. The first-order chi connectivity index (χ1) is 5.66. The average Bonchev–Trinajstić information content (AvgIpc) is 2.04. The lowest BCUT2D eigenvalue weighted by atomic mass is 9.98. The van der Waals surface area contributed by atoms with Gasteiger partial charge in [0.05, 0.1) is 0 Å². The smallest absolute Gasteiger partial charge is 0.265 e. The lowest BCUT2D eigenvalue weighted by molar-refractivity contribution is 0.615. The summed E-state index contributed by atoms with van der Waals surface area (Å²) < 4.78 is 0. The quantitative estimate of drug-likeness (QED) is 0.678. The first-order valence-electron chi connectivity index (χ1n) is 4.16. The molecule has 0 fully saturated rings. The van der Waals surface area contributed by atoms with Crippen molar-refractivity contribution in [2.45, 2.75) is 26.7 Å². The van der Waals surface area contributed by atoms with Gasteiger partial charge in [0.2, 0.25) is 0 Å². The number of benzene rings is 1. The van der Waals surface area contributed by atoms with Crippen LogP contribution in [0.4, 0.5) is 0 Å². The van der Waals surface area contributed by atoms with Gasteiger partial charge in [-0.15, -0.1) is 0 Å². The molecule has 0 saturated carbocycles. The molecule has 2 radical (unpaired) electrons. The van der Waals surface area contributed by atoms with Gasteiger partial charge in [-0.05, 0) is 29.2 Å². The lowest BCUT2D eigenvalue weighted by Crippen LogP contribution is -2.18.